The molecule has 1 N–H and O–H groups in total. The number of sulfonamides is 1. The van der Waals surface area contributed by atoms with Crippen LogP contribution in [0.1, 0.15) is 29.5 Å². The summed E-state index contributed by atoms with van der Waals surface area (Å²) in [6.07, 6.45) is 1.46. The van der Waals surface area contributed by atoms with Gasteiger partial charge in [-0.05, 0) is 73.5 Å². The van der Waals surface area contributed by atoms with Crippen LogP contribution in [0.4, 0.5) is 0 Å². The number of halogens is 1. The molecule has 3 aromatic rings. The van der Waals surface area contributed by atoms with Crippen molar-refractivity contribution in [3.8, 4) is 0 Å². The summed E-state index contributed by atoms with van der Waals surface area (Å²) in [7, 11) is -3.93. The van der Waals surface area contributed by atoms with Gasteiger partial charge in [0.1, 0.15) is 4.90 Å². The van der Waals surface area contributed by atoms with Crippen LogP contribution in [0.25, 0.3) is 10.9 Å². The predicted octanol–water partition coefficient (Wildman–Crippen LogP) is 4.17. The number of hydrogen-bond donors (Lipinski definition) is 1. The summed E-state index contributed by atoms with van der Waals surface area (Å²) in [6.45, 7) is 4.70. The molecule has 0 spiro atoms. The summed E-state index contributed by atoms with van der Waals surface area (Å²) in [5.74, 6) is 0. The third-order valence-corrected chi connectivity index (χ3v) is 8.08. The molecule has 1 aromatic heterocycles. The van der Waals surface area contributed by atoms with Crippen molar-refractivity contribution in [2.45, 2.75) is 44.2 Å². The van der Waals surface area contributed by atoms with E-state index >= 15 is 0 Å². The van der Waals surface area contributed by atoms with Gasteiger partial charge in [0.05, 0.1) is 11.1 Å². The van der Waals surface area contributed by atoms with Gasteiger partial charge >= 0.3 is 0 Å². The molecule has 164 valence electrons. The quantitative estimate of drug-likeness (QED) is 0.598. The summed E-state index contributed by atoms with van der Waals surface area (Å²) in [5.41, 5.74) is 2.99. The molecular formula is C23H25ClN2O4S. The van der Waals surface area contributed by atoms with Gasteiger partial charge in [-0.1, -0.05) is 23.7 Å². The molecule has 0 amide bonds. The summed E-state index contributed by atoms with van der Waals surface area (Å²) >= 11 is 6.21. The van der Waals surface area contributed by atoms with E-state index in [0.717, 1.165) is 34.9 Å². The van der Waals surface area contributed by atoms with E-state index in [4.69, 9.17) is 16.3 Å². The normalized spacial score (nSPS) is 17.0. The van der Waals surface area contributed by atoms with Gasteiger partial charge in [-0.25, -0.2) is 8.42 Å². The molecule has 2 heterocycles. The van der Waals surface area contributed by atoms with Crippen LogP contribution in [-0.2, 0) is 21.3 Å². The lowest BCUT2D eigenvalue weighted by Crippen LogP contribution is -2.38. The second kappa shape index (κ2) is 8.74. The van der Waals surface area contributed by atoms with Gasteiger partial charge in [0, 0.05) is 30.8 Å². The van der Waals surface area contributed by atoms with Crippen LogP contribution in [0, 0.1) is 13.8 Å². The predicted molar refractivity (Wildman–Crippen MR) is 122 cm³/mol. The number of benzene rings is 2. The highest BCUT2D eigenvalue weighted by molar-refractivity contribution is 7.89. The van der Waals surface area contributed by atoms with Crippen molar-refractivity contribution in [3.63, 3.8) is 0 Å². The molecule has 0 aliphatic carbocycles. The van der Waals surface area contributed by atoms with Gasteiger partial charge in [0.15, 0.2) is 0 Å². The van der Waals surface area contributed by atoms with Crippen molar-refractivity contribution in [2.75, 3.05) is 13.2 Å². The standard InChI is InChI=1S/C23H25ClN2O4S/c1-15-10-17-12-18(23(27)25-21(17)11-16(15)2)13-26(14-19-6-5-9-30-19)31(28,29)22-8-4-3-7-20(22)24/h3-4,7-8,10-12,19H,5-6,9,13-14H2,1-2H3,(H,25,27). The lowest BCUT2D eigenvalue weighted by atomic mass is 10.0. The SMILES string of the molecule is Cc1cc2cc(CN(CC3CCCO3)S(=O)(=O)c3ccccc3Cl)c(=O)[nH]c2cc1C. The number of fused-ring (bicyclic) bond motifs is 1. The summed E-state index contributed by atoms with van der Waals surface area (Å²) in [4.78, 5) is 15.7. The third-order valence-electron chi connectivity index (χ3n) is 5.77. The first kappa shape index (κ1) is 22.0. The van der Waals surface area contributed by atoms with E-state index in [2.05, 4.69) is 4.98 Å². The fourth-order valence-electron chi connectivity index (χ4n) is 3.89. The van der Waals surface area contributed by atoms with Crippen LogP contribution in [0.2, 0.25) is 5.02 Å². The summed E-state index contributed by atoms with van der Waals surface area (Å²) < 4.78 is 34.0. The number of nitrogens with one attached hydrogen (secondary N) is 1. The molecule has 0 bridgehead atoms. The number of pyridine rings is 1. The molecule has 1 unspecified atom stereocenters. The number of aromatic amines is 1. The van der Waals surface area contributed by atoms with Gasteiger partial charge in [0.2, 0.25) is 10.0 Å². The van der Waals surface area contributed by atoms with Gasteiger partial charge in [-0.2, -0.15) is 4.31 Å². The zero-order valence-electron chi connectivity index (χ0n) is 17.5. The zero-order chi connectivity index (χ0) is 22.2. The number of aromatic nitrogens is 1. The molecule has 2 aromatic carbocycles. The molecule has 4 rings (SSSR count). The maximum Gasteiger partial charge on any atom is 0.252 e. The van der Waals surface area contributed by atoms with Crippen LogP contribution in [0.15, 0.2) is 52.2 Å². The minimum atomic E-state index is -3.93. The lowest BCUT2D eigenvalue weighted by Gasteiger charge is -2.25. The van der Waals surface area contributed by atoms with Crippen LogP contribution in [0.5, 0.6) is 0 Å². The monoisotopic (exact) mass is 460 g/mol. The Bertz CT molecular complexity index is 1280. The van der Waals surface area contributed by atoms with E-state index in [1.807, 2.05) is 26.0 Å². The summed E-state index contributed by atoms with van der Waals surface area (Å²) in [5, 5.41) is 1.02. The first-order valence-electron chi connectivity index (χ1n) is 10.2. The van der Waals surface area contributed by atoms with Gasteiger partial charge in [-0.15, -0.1) is 0 Å². The molecule has 1 aliphatic heterocycles. The number of aryl methyl sites for hydroxylation is 2. The first-order valence-corrected chi connectivity index (χ1v) is 12.1. The number of hydrogen-bond acceptors (Lipinski definition) is 4. The van der Waals surface area contributed by atoms with Crippen molar-refractivity contribution in [1.82, 2.24) is 9.29 Å². The minimum absolute atomic E-state index is 0.0263. The highest BCUT2D eigenvalue weighted by Gasteiger charge is 2.31. The van der Waals surface area contributed by atoms with E-state index < -0.39 is 10.0 Å². The van der Waals surface area contributed by atoms with Crippen LogP contribution >= 0.6 is 11.6 Å². The lowest BCUT2D eigenvalue weighted by molar-refractivity contribution is 0.0925. The van der Waals surface area contributed by atoms with Gasteiger partial charge in [-0.3, -0.25) is 4.79 Å². The van der Waals surface area contributed by atoms with Crippen LogP contribution < -0.4 is 5.56 Å². The smallest absolute Gasteiger partial charge is 0.252 e. The van der Waals surface area contributed by atoms with Crippen LogP contribution in [-0.4, -0.2) is 37.0 Å². The van der Waals surface area contributed by atoms with Crippen molar-refractivity contribution in [3.05, 3.63) is 74.5 Å². The Kier molecular flexibility index (Phi) is 6.21. The Morgan fingerprint density at radius 2 is 1.90 bits per heavy atom. The molecule has 1 saturated heterocycles. The third kappa shape index (κ3) is 4.55. The van der Waals surface area contributed by atoms with Gasteiger partial charge in [0.25, 0.3) is 5.56 Å². The zero-order valence-corrected chi connectivity index (χ0v) is 19.1. The minimum Gasteiger partial charge on any atom is -0.377 e. The largest absolute Gasteiger partial charge is 0.377 e. The van der Waals surface area contributed by atoms with E-state index in [1.165, 1.54) is 10.4 Å². The Labute approximate surface area is 186 Å². The van der Waals surface area contributed by atoms with E-state index in [-0.39, 0.29) is 34.7 Å². The average Bonchev–Trinajstić information content (AvgIpc) is 3.23. The fourth-order valence-corrected chi connectivity index (χ4v) is 5.83. The van der Waals surface area contributed by atoms with Crippen molar-refractivity contribution < 1.29 is 13.2 Å². The average molecular weight is 461 g/mol. The Morgan fingerprint density at radius 3 is 2.61 bits per heavy atom. The Balaban J connectivity index is 1.76. The highest BCUT2D eigenvalue weighted by Crippen LogP contribution is 2.27. The number of rotatable bonds is 6. The van der Waals surface area contributed by atoms with Crippen molar-refractivity contribution in [1.29, 1.82) is 0 Å². The molecule has 31 heavy (non-hydrogen) atoms. The Hall–Kier alpha value is -2.19. The molecule has 0 radical (unpaired) electrons. The first-order chi connectivity index (χ1) is 14.8. The molecule has 1 aliphatic rings. The van der Waals surface area contributed by atoms with E-state index in [1.54, 1.807) is 24.3 Å². The molecule has 6 nitrogen and oxygen atoms in total. The number of H-pyrrole nitrogens is 1. The summed E-state index contributed by atoms with van der Waals surface area (Å²) in [6, 6.07) is 12.0. The topological polar surface area (TPSA) is 79.5 Å². The van der Waals surface area contributed by atoms with Crippen molar-refractivity contribution >= 4 is 32.5 Å². The van der Waals surface area contributed by atoms with E-state index in [0.29, 0.717) is 12.2 Å². The van der Waals surface area contributed by atoms with Gasteiger partial charge < -0.3 is 9.72 Å². The second-order valence-electron chi connectivity index (χ2n) is 8.01. The number of nitrogens with zero attached hydrogens (tertiary/aromatic N) is 1. The molecule has 8 heteroatoms. The molecule has 0 saturated carbocycles. The molecular weight excluding hydrogens is 436 g/mol. The fraction of sp³-hybridized carbons (Fsp3) is 0.348. The number of ether oxygens (including phenoxy) is 1. The van der Waals surface area contributed by atoms with Crippen molar-refractivity contribution in [2.24, 2.45) is 0 Å². The maximum atomic E-state index is 13.5. The second-order valence-corrected chi connectivity index (χ2v) is 10.3. The highest BCUT2D eigenvalue weighted by atomic mass is 35.5. The Morgan fingerprint density at radius 1 is 1.16 bits per heavy atom. The molecule has 1 fully saturated rings. The molecule has 1 atom stereocenters. The maximum absolute atomic E-state index is 13.5. The van der Waals surface area contributed by atoms with Crippen LogP contribution in [0.3, 0.4) is 0 Å². The van der Waals surface area contributed by atoms with E-state index in [9.17, 15) is 13.2 Å².